The van der Waals surface area contributed by atoms with E-state index in [4.69, 9.17) is 19.3 Å². The molecule has 1 fully saturated rings. The Hall–Kier alpha value is -4.11. The van der Waals surface area contributed by atoms with Crippen molar-refractivity contribution < 1.29 is 24.1 Å². The van der Waals surface area contributed by atoms with Crippen molar-refractivity contribution in [3.8, 4) is 22.6 Å². The molecule has 9 heteroatoms. The van der Waals surface area contributed by atoms with Crippen LogP contribution in [0, 0.1) is 0 Å². The minimum absolute atomic E-state index is 0.279. The van der Waals surface area contributed by atoms with Crippen LogP contribution in [0.3, 0.4) is 0 Å². The van der Waals surface area contributed by atoms with Gasteiger partial charge in [0.2, 0.25) is 0 Å². The van der Waals surface area contributed by atoms with E-state index >= 15 is 0 Å². The summed E-state index contributed by atoms with van der Waals surface area (Å²) in [5.41, 5.74) is 3.36. The van der Waals surface area contributed by atoms with Crippen LogP contribution in [0.5, 0.6) is 11.5 Å². The lowest BCUT2D eigenvalue weighted by atomic mass is 10.0. The van der Waals surface area contributed by atoms with Crippen molar-refractivity contribution in [3.05, 3.63) is 66.6 Å². The molecule has 1 aliphatic rings. The number of ether oxygens (including phenoxy) is 3. The van der Waals surface area contributed by atoms with Crippen molar-refractivity contribution in [1.29, 1.82) is 0 Å². The lowest BCUT2D eigenvalue weighted by Gasteiger charge is -2.35. The third kappa shape index (κ3) is 5.62. The molecule has 2 aromatic carbocycles. The number of aliphatic carboxylic acids is 1. The van der Waals surface area contributed by atoms with Crippen molar-refractivity contribution in [1.82, 2.24) is 9.97 Å². The molecule has 0 amide bonds. The topological polar surface area (TPSA) is 106 Å². The highest BCUT2D eigenvalue weighted by atomic mass is 16.5. The lowest BCUT2D eigenvalue weighted by Crippen LogP contribution is -2.46. The summed E-state index contributed by atoms with van der Waals surface area (Å²) in [6.07, 6.45) is 5.70. The van der Waals surface area contributed by atoms with Crippen LogP contribution in [0.1, 0.15) is 5.56 Å². The van der Waals surface area contributed by atoms with Crippen LogP contribution in [-0.4, -0.2) is 61.2 Å². The predicted molar refractivity (Wildman–Crippen MR) is 129 cm³/mol. The summed E-state index contributed by atoms with van der Waals surface area (Å²) in [6, 6.07) is 13.2. The molecular weight excluding hydrogens is 436 g/mol. The van der Waals surface area contributed by atoms with Crippen LogP contribution in [0.4, 0.5) is 11.5 Å². The van der Waals surface area contributed by atoms with E-state index in [2.05, 4.69) is 20.2 Å². The molecule has 4 rings (SSSR count). The highest BCUT2D eigenvalue weighted by Gasteiger charge is 2.24. The molecule has 1 saturated heterocycles. The standard InChI is InChI=1S/C25H26N4O5/c1-32-20-11-19(12-21(13-20)33-2)28-23-15-29(8-9-34-23)25-22(14-26-16-27-25)18-5-3-4-17(10-18)6-7-24(30)31/h3-7,10-14,16,23,28H,8-9,15H2,1-2H3,(H,30,31). The number of nitrogens with zero attached hydrogens (tertiary/aromatic N) is 3. The maximum Gasteiger partial charge on any atom is 0.328 e. The molecule has 0 spiro atoms. The van der Waals surface area contributed by atoms with Gasteiger partial charge in [0.05, 0.1) is 27.4 Å². The van der Waals surface area contributed by atoms with E-state index < -0.39 is 5.97 Å². The molecule has 1 aliphatic heterocycles. The molecular formula is C25H26N4O5. The SMILES string of the molecule is COc1cc(NC2CN(c3ncncc3-c3cccc(C=CC(=O)O)c3)CCO2)cc(OC)c1. The van der Waals surface area contributed by atoms with Crippen LogP contribution < -0.4 is 19.7 Å². The maximum absolute atomic E-state index is 10.9. The molecule has 1 unspecified atom stereocenters. The van der Waals surface area contributed by atoms with E-state index in [1.54, 1.807) is 26.5 Å². The van der Waals surface area contributed by atoms with Gasteiger partial charge in [0, 0.05) is 48.3 Å². The predicted octanol–water partition coefficient (Wildman–Crippen LogP) is 3.53. The van der Waals surface area contributed by atoms with Crippen LogP contribution >= 0.6 is 0 Å². The van der Waals surface area contributed by atoms with Gasteiger partial charge in [-0.05, 0) is 23.3 Å². The van der Waals surface area contributed by atoms with E-state index in [1.807, 2.05) is 42.5 Å². The fourth-order valence-corrected chi connectivity index (χ4v) is 3.76. The first-order chi connectivity index (χ1) is 16.6. The quantitative estimate of drug-likeness (QED) is 0.486. The Kier molecular flexibility index (Phi) is 7.24. The molecule has 0 saturated carbocycles. The average Bonchev–Trinajstić information content (AvgIpc) is 2.87. The number of morpholine rings is 1. The first-order valence-corrected chi connectivity index (χ1v) is 10.7. The highest BCUT2D eigenvalue weighted by Crippen LogP contribution is 2.31. The van der Waals surface area contributed by atoms with Gasteiger partial charge in [-0.25, -0.2) is 14.8 Å². The summed E-state index contributed by atoms with van der Waals surface area (Å²) in [7, 11) is 3.22. The monoisotopic (exact) mass is 462 g/mol. The van der Waals surface area contributed by atoms with Gasteiger partial charge in [0.1, 0.15) is 29.9 Å². The molecule has 1 atom stereocenters. The number of rotatable bonds is 8. The van der Waals surface area contributed by atoms with Gasteiger partial charge >= 0.3 is 5.97 Å². The molecule has 34 heavy (non-hydrogen) atoms. The van der Waals surface area contributed by atoms with Crippen LogP contribution in [0.15, 0.2) is 61.1 Å². The number of anilines is 2. The first kappa shape index (κ1) is 23.1. The lowest BCUT2D eigenvalue weighted by molar-refractivity contribution is -0.131. The van der Waals surface area contributed by atoms with Crippen molar-refractivity contribution in [2.24, 2.45) is 0 Å². The third-order valence-corrected chi connectivity index (χ3v) is 5.35. The zero-order valence-corrected chi connectivity index (χ0v) is 19.0. The van der Waals surface area contributed by atoms with Gasteiger partial charge in [0.25, 0.3) is 0 Å². The smallest absolute Gasteiger partial charge is 0.328 e. The van der Waals surface area contributed by atoms with Crippen molar-refractivity contribution in [2.75, 3.05) is 44.1 Å². The van der Waals surface area contributed by atoms with Gasteiger partial charge in [-0.3, -0.25) is 0 Å². The molecule has 3 aromatic rings. The zero-order chi connectivity index (χ0) is 23.9. The zero-order valence-electron chi connectivity index (χ0n) is 19.0. The number of carbonyl (C=O) groups is 1. The minimum Gasteiger partial charge on any atom is -0.497 e. The molecule has 9 nitrogen and oxygen atoms in total. The molecule has 1 aromatic heterocycles. The fourth-order valence-electron chi connectivity index (χ4n) is 3.76. The van der Waals surface area contributed by atoms with Crippen molar-refractivity contribution >= 4 is 23.6 Å². The second kappa shape index (κ2) is 10.7. The van der Waals surface area contributed by atoms with Crippen molar-refractivity contribution in [3.63, 3.8) is 0 Å². The summed E-state index contributed by atoms with van der Waals surface area (Å²) in [6.45, 7) is 1.74. The summed E-state index contributed by atoms with van der Waals surface area (Å²) < 4.78 is 16.7. The number of carboxylic acids is 1. The largest absolute Gasteiger partial charge is 0.497 e. The second-order valence-corrected chi connectivity index (χ2v) is 7.61. The fraction of sp³-hybridized carbons (Fsp3) is 0.240. The molecule has 2 N–H and O–H groups in total. The van der Waals surface area contributed by atoms with E-state index in [1.165, 1.54) is 6.33 Å². The van der Waals surface area contributed by atoms with Gasteiger partial charge < -0.3 is 29.5 Å². The van der Waals surface area contributed by atoms with Crippen LogP contribution in [0.25, 0.3) is 17.2 Å². The number of aromatic nitrogens is 2. The number of hydrogen-bond donors (Lipinski definition) is 2. The number of hydrogen-bond acceptors (Lipinski definition) is 8. The summed E-state index contributed by atoms with van der Waals surface area (Å²) in [5, 5.41) is 12.3. The number of methoxy groups -OCH3 is 2. The number of carboxylic acid groups (broad SMARTS) is 1. The third-order valence-electron chi connectivity index (χ3n) is 5.35. The molecule has 176 valence electrons. The minimum atomic E-state index is -0.991. The Morgan fingerprint density at radius 2 is 2.00 bits per heavy atom. The normalized spacial score (nSPS) is 15.8. The van der Waals surface area contributed by atoms with Gasteiger partial charge in [-0.15, -0.1) is 0 Å². The van der Waals surface area contributed by atoms with Gasteiger partial charge in [-0.1, -0.05) is 18.2 Å². The van der Waals surface area contributed by atoms with E-state index in [0.717, 1.165) is 34.3 Å². The number of nitrogens with one attached hydrogen (secondary N) is 1. The van der Waals surface area contributed by atoms with E-state index in [0.29, 0.717) is 31.2 Å². The van der Waals surface area contributed by atoms with Gasteiger partial charge in [0.15, 0.2) is 0 Å². The molecule has 2 heterocycles. The molecule has 0 radical (unpaired) electrons. The second-order valence-electron chi connectivity index (χ2n) is 7.61. The summed E-state index contributed by atoms with van der Waals surface area (Å²) >= 11 is 0. The van der Waals surface area contributed by atoms with Crippen LogP contribution in [0.2, 0.25) is 0 Å². The van der Waals surface area contributed by atoms with E-state index in [-0.39, 0.29) is 6.23 Å². The van der Waals surface area contributed by atoms with Gasteiger partial charge in [-0.2, -0.15) is 0 Å². The Balaban J connectivity index is 1.56. The van der Waals surface area contributed by atoms with Crippen LogP contribution in [-0.2, 0) is 9.53 Å². The Bertz CT molecular complexity index is 1160. The summed E-state index contributed by atoms with van der Waals surface area (Å²) in [4.78, 5) is 21.8. The molecule has 0 bridgehead atoms. The Morgan fingerprint density at radius 3 is 2.74 bits per heavy atom. The number of benzene rings is 2. The summed E-state index contributed by atoms with van der Waals surface area (Å²) in [5.74, 6) is 1.16. The van der Waals surface area contributed by atoms with E-state index in [9.17, 15) is 4.79 Å². The average molecular weight is 463 g/mol. The van der Waals surface area contributed by atoms with Crippen molar-refractivity contribution in [2.45, 2.75) is 6.23 Å². The Morgan fingerprint density at radius 1 is 1.21 bits per heavy atom. The first-order valence-electron chi connectivity index (χ1n) is 10.7. The maximum atomic E-state index is 10.9. The Labute approximate surface area is 197 Å². The molecule has 0 aliphatic carbocycles. The highest BCUT2D eigenvalue weighted by molar-refractivity contribution is 5.86.